The van der Waals surface area contributed by atoms with Gasteiger partial charge in [-0.2, -0.15) is 0 Å². The standard InChI is InChI=1S/C17H17NO4/c1-2-12-4-3-5-14(10-12)18-16(20)11-22-17(21)13-6-8-15(19)9-7-13/h3-10,19H,2,11H2,1H3,(H,18,20). The molecule has 22 heavy (non-hydrogen) atoms. The Morgan fingerprint density at radius 3 is 2.55 bits per heavy atom. The van der Waals surface area contributed by atoms with Gasteiger partial charge in [-0.15, -0.1) is 0 Å². The Morgan fingerprint density at radius 1 is 1.14 bits per heavy atom. The van der Waals surface area contributed by atoms with Crippen molar-refractivity contribution in [3.05, 3.63) is 59.7 Å². The Balaban J connectivity index is 1.87. The van der Waals surface area contributed by atoms with E-state index in [0.717, 1.165) is 12.0 Å². The van der Waals surface area contributed by atoms with Crippen molar-refractivity contribution in [3.8, 4) is 5.75 Å². The number of esters is 1. The van der Waals surface area contributed by atoms with Crippen molar-refractivity contribution in [2.24, 2.45) is 0 Å². The van der Waals surface area contributed by atoms with Crippen molar-refractivity contribution in [1.82, 2.24) is 0 Å². The fourth-order valence-electron chi connectivity index (χ4n) is 1.88. The molecule has 0 atom stereocenters. The number of aromatic hydroxyl groups is 1. The highest BCUT2D eigenvalue weighted by molar-refractivity contribution is 5.95. The smallest absolute Gasteiger partial charge is 0.338 e. The van der Waals surface area contributed by atoms with Crippen LogP contribution >= 0.6 is 0 Å². The van der Waals surface area contributed by atoms with E-state index in [1.807, 2.05) is 25.1 Å². The van der Waals surface area contributed by atoms with Crippen LogP contribution in [0.25, 0.3) is 0 Å². The van der Waals surface area contributed by atoms with Gasteiger partial charge < -0.3 is 15.2 Å². The summed E-state index contributed by atoms with van der Waals surface area (Å²) in [7, 11) is 0. The van der Waals surface area contributed by atoms with Gasteiger partial charge in [0.2, 0.25) is 0 Å². The number of rotatable bonds is 5. The fourth-order valence-corrected chi connectivity index (χ4v) is 1.88. The van der Waals surface area contributed by atoms with E-state index in [1.165, 1.54) is 24.3 Å². The molecule has 2 aromatic carbocycles. The topological polar surface area (TPSA) is 75.6 Å². The van der Waals surface area contributed by atoms with Crippen LogP contribution in [0.2, 0.25) is 0 Å². The molecule has 5 heteroatoms. The average Bonchev–Trinajstić information content (AvgIpc) is 2.53. The minimum absolute atomic E-state index is 0.0603. The maximum absolute atomic E-state index is 11.8. The molecule has 0 aliphatic rings. The number of carbonyl (C=O) groups is 2. The van der Waals surface area contributed by atoms with Crippen molar-refractivity contribution in [3.63, 3.8) is 0 Å². The third-order valence-corrected chi connectivity index (χ3v) is 3.06. The average molecular weight is 299 g/mol. The number of nitrogens with one attached hydrogen (secondary N) is 1. The number of phenolic OH excluding ortho intramolecular Hbond substituents is 1. The van der Waals surface area contributed by atoms with Crippen LogP contribution in [-0.2, 0) is 16.0 Å². The Hall–Kier alpha value is -2.82. The molecule has 1 amide bonds. The number of phenols is 1. The Kier molecular flexibility index (Phi) is 5.14. The molecule has 2 rings (SSSR count). The molecular formula is C17H17NO4. The summed E-state index contributed by atoms with van der Waals surface area (Å²) in [5, 5.41) is 11.8. The predicted molar refractivity (Wildman–Crippen MR) is 82.8 cm³/mol. The molecular weight excluding hydrogens is 282 g/mol. The van der Waals surface area contributed by atoms with E-state index in [9.17, 15) is 9.59 Å². The fraction of sp³-hybridized carbons (Fsp3) is 0.176. The van der Waals surface area contributed by atoms with E-state index in [4.69, 9.17) is 9.84 Å². The highest BCUT2D eigenvalue weighted by Gasteiger charge is 2.10. The van der Waals surface area contributed by atoms with Gasteiger partial charge in [-0.05, 0) is 48.4 Å². The van der Waals surface area contributed by atoms with Crippen LogP contribution in [0.5, 0.6) is 5.75 Å². The lowest BCUT2D eigenvalue weighted by Gasteiger charge is -2.08. The quantitative estimate of drug-likeness (QED) is 0.832. The molecule has 0 aromatic heterocycles. The number of hydrogen-bond acceptors (Lipinski definition) is 4. The highest BCUT2D eigenvalue weighted by Crippen LogP contribution is 2.12. The molecule has 0 radical (unpaired) electrons. The van der Waals surface area contributed by atoms with Crippen molar-refractivity contribution in [2.45, 2.75) is 13.3 Å². The van der Waals surface area contributed by atoms with E-state index in [1.54, 1.807) is 6.07 Å². The molecule has 0 heterocycles. The third-order valence-electron chi connectivity index (χ3n) is 3.06. The largest absolute Gasteiger partial charge is 0.508 e. The van der Waals surface area contributed by atoms with E-state index in [-0.39, 0.29) is 17.9 Å². The molecule has 0 bridgehead atoms. The first-order chi connectivity index (χ1) is 10.6. The van der Waals surface area contributed by atoms with Crippen molar-refractivity contribution in [2.75, 3.05) is 11.9 Å². The van der Waals surface area contributed by atoms with Gasteiger partial charge in [0, 0.05) is 5.69 Å². The van der Waals surface area contributed by atoms with Crippen LogP contribution in [0.15, 0.2) is 48.5 Å². The maximum Gasteiger partial charge on any atom is 0.338 e. The van der Waals surface area contributed by atoms with E-state index < -0.39 is 11.9 Å². The maximum atomic E-state index is 11.8. The lowest BCUT2D eigenvalue weighted by Crippen LogP contribution is -2.20. The zero-order chi connectivity index (χ0) is 15.9. The first-order valence-electron chi connectivity index (χ1n) is 6.93. The number of carbonyl (C=O) groups excluding carboxylic acids is 2. The number of anilines is 1. The van der Waals surface area contributed by atoms with Gasteiger partial charge in [-0.1, -0.05) is 19.1 Å². The van der Waals surface area contributed by atoms with Crippen molar-refractivity contribution in [1.29, 1.82) is 0 Å². The lowest BCUT2D eigenvalue weighted by molar-refractivity contribution is -0.119. The van der Waals surface area contributed by atoms with Gasteiger partial charge in [-0.25, -0.2) is 4.79 Å². The molecule has 0 unspecified atom stereocenters. The Morgan fingerprint density at radius 2 is 1.86 bits per heavy atom. The van der Waals surface area contributed by atoms with Gasteiger partial charge in [0.15, 0.2) is 6.61 Å². The normalized spacial score (nSPS) is 10.0. The lowest BCUT2D eigenvalue weighted by atomic mass is 10.1. The van der Waals surface area contributed by atoms with Crippen LogP contribution in [-0.4, -0.2) is 23.6 Å². The van der Waals surface area contributed by atoms with Crippen molar-refractivity contribution >= 4 is 17.6 Å². The number of amides is 1. The third kappa shape index (κ3) is 4.34. The summed E-state index contributed by atoms with van der Waals surface area (Å²) < 4.78 is 4.93. The van der Waals surface area contributed by atoms with E-state index in [0.29, 0.717) is 5.69 Å². The summed E-state index contributed by atoms with van der Waals surface area (Å²) >= 11 is 0. The van der Waals surface area contributed by atoms with E-state index in [2.05, 4.69) is 5.32 Å². The Bertz CT molecular complexity index is 665. The summed E-state index contributed by atoms with van der Waals surface area (Å²) in [6.45, 7) is 1.66. The zero-order valence-corrected chi connectivity index (χ0v) is 12.2. The van der Waals surface area contributed by atoms with Crippen molar-refractivity contribution < 1.29 is 19.4 Å². The van der Waals surface area contributed by atoms with Crippen LogP contribution in [0.3, 0.4) is 0 Å². The first kappa shape index (κ1) is 15.6. The monoisotopic (exact) mass is 299 g/mol. The van der Waals surface area contributed by atoms with Gasteiger partial charge in [0.05, 0.1) is 5.56 Å². The second-order valence-corrected chi connectivity index (χ2v) is 4.73. The SMILES string of the molecule is CCc1cccc(NC(=O)COC(=O)c2ccc(O)cc2)c1. The number of ether oxygens (including phenoxy) is 1. The van der Waals surface area contributed by atoms with Gasteiger partial charge >= 0.3 is 5.97 Å². The molecule has 2 aromatic rings. The molecule has 2 N–H and O–H groups in total. The van der Waals surface area contributed by atoms with Gasteiger partial charge in [0.1, 0.15) is 5.75 Å². The summed E-state index contributed by atoms with van der Waals surface area (Å²) in [5.41, 5.74) is 2.06. The second kappa shape index (κ2) is 7.26. The van der Waals surface area contributed by atoms with E-state index >= 15 is 0 Å². The van der Waals surface area contributed by atoms with Crippen LogP contribution in [0.4, 0.5) is 5.69 Å². The molecule has 114 valence electrons. The summed E-state index contributed by atoms with van der Waals surface area (Å²) in [6.07, 6.45) is 0.875. The summed E-state index contributed by atoms with van der Waals surface area (Å²) in [5.74, 6) is -0.956. The zero-order valence-electron chi connectivity index (χ0n) is 12.2. The first-order valence-corrected chi connectivity index (χ1v) is 6.93. The second-order valence-electron chi connectivity index (χ2n) is 4.73. The Labute approximate surface area is 128 Å². The van der Waals surface area contributed by atoms with Gasteiger partial charge in [-0.3, -0.25) is 4.79 Å². The molecule has 5 nitrogen and oxygen atoms in total. The molecule has 0 aliphatic heterocycles. The number of hydrogen-bond donors (Lipinski definition) is 2. The molecule has 0 saturated carbocycles. The van der Waals surface area contributed by atoms with Crippen LogP contribution < -0.4 is 5.32 Å². The van der Waals surface area contributed by atoms with Gasteiger partial charge in [0.25, 0.3) is 5.91 Å². The van der Waals surface area contributed by atoms with Crippen LogP contribution in [0.1, 0.15) is 22.8 Å². The summed E-state index contributed by atoms with van der Waals surface area (Å²) in [6, 6.07) is 13.1. The molecule has 0 saturated heterocycles. The minimum Gasteiger partial charge on any atom is -0.508 e. The number of benzene rings is 2. The molecule has 0 fully saturated rings. The highest BCUT2D eigenvalue weighted by atomic mass is 16.5. The molecule has 0 spiro atoms. The molecule has 0 aliphatic carbocycles. The predicted octanol–water partition coefficient (Wildman–Crippen LogP) is 2.75. The van der Waals surface area contributed by atoms with Crippen LogP contribution in [0, 0.1) is 0 Å². The number of aryl methyl sites for hydroxylation is 1. The minimum atomic E-state index is -0.613. The summed E-state index contributed by atoms with van der Waals surface area (Å²) in [4.78, 5) is 23.5.